The van der Waals surface area contributed by atoms with E-state index in [1.54, 1.807) is 6.07 Å². The molecular formula is C16H16N10O2. The van der Waals surface area contributed by atoms with E-state index in [1.165, 1.54) is 18.8 Å². The molecule has 0 aliphatic carbocycles. The quantitative estimate of drug-likeness (QED) is 0.538. The van der Waals surface area contributed by atoms with Crippen molar-refractivity contribution in [3.8, 4) is 17.7 Å². The second-order valence-electron chi connectivity index (χ2n) is 5.84. The molecule has 4 rings (SSSR count). The monoisotopic (exact) mass is 380 g/mol. The molecule has 12 heteroatoms. The molecule has 1 unspecified atom stereocenters. The fourth-order valence-electron chi connectivity index (χ4n) is 2.58. The lowest BCUT2D eigenvalue weighted by molar-refractivity contribution is 0.0372. The first-order valence-electron chi connectivity index (χ1n) is 8.51. The number of aromatic nitrogens is 6. The standard InChI is InChI=1S/C16H16N10O2/c17-4-10-5-21-14(8-19-10)23-13-3-12(20-7-11-6-18-1-2-27-11)15(25-24-13)16-26-22-9-28-16/h3,5,8-9,11,18H,1-2,6-7H2,(H2,20,21,23,24). The van der Waals surface area contributed by atoms with Crippen LogP contribution in [-0.4, -0.2) is 62.7 Å². The molecule has 0 aromatic carbocycles. The maximum Gasteiger partial charge on any atom is 0.270 e. The topological polar surface area (TPSA) is 160 Å². The molecular weight excluding hydrogens is 364 g/mol. The van der Waals surface area contributed by atoms with E-state index in [9.17, 15) is 0 Å². The molecule has 0 amide bonds. The van der Waals surface area contributed by atoms with Crippen LogP contribution in [0.5, 0.6) is 0 Å². The van der Waals surface area contributed by atoms with E-state index in [-0.39, 0.29) is 17.7 Å². The van der Waals surface area contributed by atoms with Gasteiger partial charge in [0.2, 0.25) is 6.39 Å². The van der Waals surface area contributed by atoms with Crippen molar-refractivity contribution in [1.82, 2.24) is 35.7 Å². The van der Waals surface area contributed by atoms with Crippen LogP contribution in [0.1, 0.15) is 5.69 Å². The van der Waals surface area contributed by atoms with Crippen LogP contribution in [0.4, 0.5) is 17.3 Å². The van der Waals surface area contributed by atoms with Crippen molar-refractivity contribution in [2.45, 2.75) is 6.10 Å². The summed E-state index contributed by atoms with van der Waals surface area (Å²) in [6.45, 7) is 2.84. The molecule has 0 saturated carbocycles. The zero-order valence-corrected chi connectivity index (χ0v) is 14.7. The van der Waals surface area contributed by atoms with Crippen LogP contribution in [0.3, 0.4) is 0 Å². The molecule has 142 valence electrons. The average Bonchev–Trinajstić information content (AvgIpc) is 3.28. The normalized spacial score (nSPS) is 16.3. The number of nitriles is 1. The summed E-state index contributed by atoms with van der Waals surface area (Å²) in [6.07, 6.45) is 4.07. The number of rotatable bonds is 6. The van der Waals surface area contributed by atoms with Crippen molar-refractivity contribution in [3.05, 3.63) is 30.5 Å². The van der Waals surface area contributed by atoms with Crippen molar-refractivity contribution < 1.29 is 9.15 Å². The largest absolute Gasteiger partial charge is 0.422 e. The van der Waals surface area contributed by atoms with Crippen LogP contribution in [0.2, 0.25) is 0 Å². The fourth-order valence-corrected chi connectivity index (χ4v) is 2.58. The van der Waals surface area contributed by atoms with Gasteiger partial charge in [-0.25, -0.2) is 9.97 Å². The molecule has 3 aromatic rings. The Morgan fingerprint density at radius 2 is 2.18 bits per heavy atom. The Kier molecular flexibility index (Phi) is 5.27. The highest BCUT2D eigenvalue weighted by atomic mass is 16.5. The summed E-state index contributed by atoms with van der Waals surface area (Å²) in [6, 6.07) is 3.67. The van der Waals surface area contributed by atoms with Gasteiger partial charge >= 0.3 is 0 Å². The van der Waals surface area contributed by atoms with Crippen molar-refractivity contribution in [2.24, 2.45) is 0 Å². The Morgan fingerprint density at radius 3 is 2.89 bits per heavy atom. The molecule has 1 aliphatic rings. The van der Waals surface area contributed by atoms with Crippen molar-refractivity contribution in [3.63, 3.8) is 0 Å². The number of nitrogens with zero attached hydrogens (tertiary/aromatic N) is 7. The van der Waals surface area contributed by atoms with Crippen LogP contribution >= 0.6 is 0 Å². The van der Waals surface area contributed by atoms with Crippen molar-refractivity contribution >= 4 is 17.3 Å². The number of ether oxygens (including phenoxy) is 1. The third kappa shape index (κ3) is 4.17. The molecule has 28 heavy (non-hydrogen) atoms. The maximum absolute atomic E-state index is 8.80. The van der Waals surface area contributed by atoms with E-state index < -0.39 is 0 Å². The number of morpholine rings is 1. The van der Waals surface area contributed by atoms with Gasteiger partial charge in [0.15, 0.2) is 17.2 Å². The first kappa shape index (κ1) is 17.7. The summed E-state index contributed by atoms with van der Waals surface area (Å²) < 4.78 is 11.0. The fraction of sp³-hybridized carbons (Fsp3) is 0.312. The van der Waals surface area contributed by atoms with Gasteiger partial charge in [-0.2, -0.15) is 5.26 Å². The SMILES string of the molecule is N#Cc1cnc(Nc2cc(NCC3CNCCO3)c(-c3nnco3)nn2)cn1. The highest BCUT2D eigenvalue weighted by Gasteiger charge is 2.18. The Balaban J connectivity index is 1.55. The minimum absolute atomic E-state index is 0.0262. The lowest BCUT2D eigenvalue weighted by Gasteiger charge is -2.24. The van der Waals surface area contributed by atoms with Gasteiger partial charge in [0.1, 0.15) is 11.9 Å². The summed E-state index contributed by atoms with van der Waals surface area (Å²) in [5.74, 6) is 1.12. The van der Waals surface area contributed by atoms with Gasteiger partial charge in [0, 0.05) is 25.7 Å². The molecule has 3 N–H and O–H groups in total. The lowest BCUT2D eigenvalue weighted by atomic mass is 10.2. The summed E-state index contributed by atoms with van der Waals surface area (Å²) in [4.78, 5) is 8.08. The van der Waals surface area contributed by atoms with Crippen molar-refractivity contribution in [2.75, 3.05) is 36.9 Å². The molecule has 12 nitrogen and oxygen atoms in total. The van der Waals surface area contributed by atoms with E-state index in [0.29, 0.717) is 36.2 Å². The maximum atomic E-state index is 8.80. The number of hydrogen-bond acceptors (Lipinski definition) is 12. The van der Waals surface area contributed by atoms with Crippen LogP contribution in [0.15, 0.2) is 29.3 Å². The molecule has 4 heterocycles. The van der Waals surface area contributed by atoms with E-state index >= 15 is 0 Å². The van der Waals surface area contributed by atoms with Gasteiger partial charge in [-0.3, -0.25) is 0 Å². The Labute approximate surface area is 159 Å². The van der Waals surface area contributed by atoms with Crippen LogP contribution in [0.25, 0.3) is 11.6 Å². The average molecular weight is 380 g/mol. The highest BCUT2D eigenvalue weighted by Crippen LogP contribution is 2.26. The van der Waals surface area contributed by atoms with Gasteiger partial charge in [-0.15, -0.1) is 20.4 Å². The van der Waals surface area contributed by atoms with E-state index in [0.717, 1.165) is 13.1 Å². The van der Waals surface area contributed by atoms with E-state index in [1.807, 2.05) is 6.07 Å². The van der Waals surface area contributed by atoms with Crippen LogP contribution in [0, 0.1) is 11.3 Å². The third-order valence-corrected chi connectivity index (χ3v) is 3.90. The molecule has 0 spiro atoms. The predicted molar refractivity (Wildman–Crippen MR) is 96.5 cm³/mol. The third-order valence-electron chi connectivity index (χ3n) is 3.90. The number of hydrogen-bond donors (Lipinski definition) is 3. The van der Waals surface area contributed by atoms with E-state index in [2.05, 4.69) is 46.3 Å². The summed E-state index contributed by atoms with van der Waals surface area (Å²) in [5.41, 5.74) is 1.31. The smallest absolute Gasteiger partial charge is 0.270 e. The molecule has 0 radical (unpaired) electrons. The number of anilines is 3. The molecule has 1 fully saturated rings. The summed E-state index contributed by atoms with van der Waals surface area (Å²) in [7, 11) is 0. The van der Waals surface area contributed by atoms with Crippen LogP contribution in [-0.2, 0) is 4.74 Å². The molecule has 3 aromatic heterocycles. The molecule has 1 aliphatic heterocycles. The number of nitrogens with one attached hydrogen (secondary N) is 3. The molecule has 1 saturated heterocycles. The zero-order chi connectivity index (χ0) is 19.2. The summed E-state index contributed by atoms with van der Waals surface area (Å²) in [5, 5.41) is 34.3. The van der Waals surface area contributed by atoms with Gasteiger partial charge in [0.25, 0.3) is 5.89 Å². The first-order chi connectivity index (χ1) is 13.8. The molecule has 1 atom stereocenters. The van der Waals surface area contributed by atoms with Crippen molar-refractivity contribution in [1.29, 1.82) is 5.26 Å². The van der Waals surface area contributed by atoms with Gasteiger partial charge < -0.3 is 25.1 Å². The lowest BCUT2D eigenvalue weighted by Crippen LogP contribution is -2.42. The minimum atomic E-state index is 0.0262. The second-order valence-corrected chi connectivity index (χ2v) is 5.84. The van der Waals surface area contributed by atoms with Crippen LogP contribution < -0.4 is 16.0 Å². The Morgan fingerprint density at radius 1 is 1.21 bits per heavy atom. The minimum Gasteiger partial charge on any atom is -0.422 e. The highest BCUT2D eigenvalue weighted by molar-refractivity contribution is 5.71. The zero-order valence-electron chi connectivity index (χ0n) is 14.7. The molecule has 0 bridgehead atoms. The van der Waals surface area contributed by atoms with Gasteiger partial charge in [-0.1, -0.05) is 0 Å². The Bertz CT molecular complexity index is 949. The van der Waals surface area contributed by atoms with E-state index in [4.69, 9.17) is 14.4 Å². The van der Waals surface area contributed by atoms with Gasteiger partial charge in [0.05, 0.1) is 30.8 Å². The summed E-state index contributed by atoms with van der Waals surface area (Å²) >= 11 is 0. The second kappa shape index (κ2) is 8.33. The predicted octanol–water partition coefficient (Wildman–Crippen LogP) is 0.332. The van der Waals surface area contributed by atoms with Gasteiger partial charge in [-0.05, 0) is 0 Å². The first-order valence-corrected chi connectivity index (χ1v) is 8.51. The Hall–Kier alpha value is -3.69.